The lowest BCUT2D eigenvalue weighted by Crippen LogP contribution is -2.41. The highest BCUT2D eigenvalue weighted by Gasteiger charge is 2.51. The van der Waals surface area contributed by atoms with Crippen molar-refractivity contribution in [2.45, 2.75) is 59.7 Å². The molecular formula is C57H50BNO2. The number of para-hydroxylation sites is 2. The van der Waals surface area contributed by atoms with Gasteiger partial charge in [-0.05, 0) is 170 Å². The minimum atomic E-state index is -0.565. The molecule has 7 aromatic carbocycles. The molecule has 0 unspecified atom stereocenters. The van der Waals surface area contributed by atoms with E-state index in [9.17, 15) is 0 Å². The summed E-state index contributed by atoms with van der Waals surface area (Å²) in [6.45, 7) is 14.8. The van der Waals surface area contributed by atoms with Crippen LogP contribution in [0.1, 0.15) is 56.9 Å². The highest BCUT2D eigenvalue weighted by Crippen LogP contribution is 2.39. The van der Waals surface area contributed by atoms with Gasteiger partial charge in [-0.2, -0.15) is 0 Å². The first kappa shape index (κ1) is 39.8. The maximum Gasteiger partial charge on any atom is 0.494 e. The first-order chi connectivity index (χ1) is 29.4. The summed E-state index contributed by atoms with van der Waals surface area (Å²) in [5.41, 5.74) is 16.6. The molecule has 1 aromatic heterocycles. The molecule has 0 radical (unpaired) electrons. The van der Waals surface area contributed by atoms with Crippen molar-refractivity contribution in [2.75, 3.05) is 0 Å². The van der Waals surface area contributed by atoms with Crippen LogP contribution >= 0.6 is 0 Å². The van der Waals surface area contributed by atoms with Gasteiger partial charge >= 0.3 is 7.12 Å². The monoisotopic (exact) mass is 791 g/mol. The fraction of sp³-hybridized carbons (Fsp3) is 0.158. The van der Waals surface area contributed by atoms with Crippen LogP contribution in [0, 0.1) is 26.2 Å². The van der Waals surface area contributed by atoms with Crippen molar-refractivity contribution in [3.63, 3.8) is 0 Å². The Morgan fingerprint density at radius 3 is 1.97 bits per heavy atom. The molecule has 3 nitrogen and oxygen atoms in total. The molecule has 0 saturated carbocycles. The van der Waals surface area contributed by atoms with Gasteiger partial charge in [0.2, 0.25) is 0 Å². The van der Waals surface area contributed by atoms with Crippen molar-refractivity contribution in [3.8, 4) is 51.4 Å². The number of aryl methyl sites for hydroxylation is 2. The third-order valence-electron chi connectivity index (χ3n) is 12.8. The smallest absolute Gasteiger partial charge is 0.399 e. The lowest BCUT2D eigenvalue weighted by molar-refractivity contribution is 0.00578. The van der Waals surface area contributed by atoms with E-state index in [1.54, 1.807) is 0 Å². The van der Waals surface area contributed by atoms with E-state index in [1.165, 1.54) is 44.1 Å². The number of rotatable bonds is 8. The number of hydrogen-bond acceptors (Lipinski definition) is 2. The van der Waals surface area contributed by atoms with Gasteiger partial charge in [-0.1, -0.05) is 121 Å². The van der Waals surface area contributed by atoms with E-state index in [0.29, 0.717) is 0 Å². The molecule has 4 heteroatoms. The zero-order valence-electron chi connectivity index (χ0n) is 36.1. The third-order valence-corrected chi connectivity index (χ3v) is 12.8. The molecule has 1 saturated heterocycles. The fourth-order valence-electron chi connectivity index (χ4n) is 8.64. The second-order valence-corrected chi connectivity index (χ2v) is 17.2. The van der Waals surface area contributed by atoms with Gasteiger partial charge in [0.05, 0.1) is 22.2 Å². The first-order valence-corrected chi connectivity index (χ1v) is 21.2. The Morgan fingerprint density at radius 1 is 0.574 bits per heavy atom. The van der Waals surface area contributed by atoms with E-state index >= 15 is 0 Å². The SMILES string of the molecule is C#C/C(=C\C(=C/C)c1ccc(C)c(-c2ccccc2C)c1)c1cc(B2OC(C)(C)C(C)(C)O2)cc(-c2cccc(-c3ccc4c(c3)c3ccccc3n4-c3ccccc3)c2)c1. The molecule has 61 heavy (non-hydrogen) atoms. The molecular weight excluding hydrogens is 741 g/mol. The largest absolute Gasteiger partial charge is 0.494 e. The van der Waals surface area contributed by atoms with Crippen LogP contribution < -0.4 is 5.46 Å². The number of nitrogens with zero attached hydrogens (tertiary/aromatic N) is 1. The van der Waals surface area contributed by atoms with E-state index in [-0.39, 0.29) is 0 Å². The van der Waals surface area contributed by atoms with Crippen molar-refractivity contribution in [2.24, 2.45) is 0 Å². The maximum absolute atomic E-state index is 6.65. The van der Waals surface area contributed by atoms with Crippen LogP contribution in [0.3, 0.4) is 0 Å². The van der Waals surface area contributed by atoms with Crippen molar-refractivity contribution >= 4 is 45.5 Å². The van der Waals surface area contributed by atoms with Crippen LogP contribution in [0.4, 0.5) is 0 Å². The molecule has 1 aliphatic heterocycles. The standard InChI is InChI=1S/C57H50BNO2/c1-9-40(44-28-27-39(4)52(36-44)50-24-15-14-19-38(50)3)31-41(10-2)46-33-47(35-48(34-46)58-60-56(5,6)57(7,8)61-58)43-21-18-20-42(32-43)45-29-30-55-53(37-45)51-25-16-17-26-54(51)59(55)49-22-12-11-13-23-49/h2,9,11-37H,1,3-8H3/b40-9+,41-31+. The van der Waals surface area contributed by atoms with Gasteiger partial charge in [0.1, 0.15) is 0 Å². The molecule has 0 atom stereocenters. The Balaban J connectivity index is 1.15. The summed E-state index contributed by atoms with van der Waals surface area (Å²) in [6.07, 6.45) is 10.7. The second-order valence-electron chi connectivity index (χ2n) is 17.2. The minimum absolute atomic E-state index is 0.501. The minimum Gasteiger partial charge on any atom is -0.399 e. The molecule has 1 fully saturated rings. The average Bonchev–Trinajstić information content (AvgIpc) is 3.72. The quantitative estimate of drug-likeness (QED) is 0.0869. The number of aromatic nitrogens is 1. The normalized spacial score (nSPS) is 15.1. The van der Waals surface area contributed by atoms with Crippen LogP contribution in [-0.2, 0) is 9.31 Å². The molecule has 8 aromatic rings. The number of benzene rings is 7. The Morgan fingerprint density at radius 2 is 1.23 bits per heavy atom. The third kappa shape index (κ3) is 7.35. The number of allylic oxidation sites excluding steroid dienone is 4. The highest BCUT2D eigenvalue weighted by molar-refractivity contribution is 6.62. The van der Waals surface area contributed by atoms with Crippen LogP contribution in [0.15, 0.2) is 170 Å². The van der Waals surface area contributed by atoms with Crippen molar-refractivity contribution in [1.82, 2.24) is 4.57 Å². The van der Waals surface area contributed by atoms with E-state index < -0.39 is 18.3 Å². The van der Waals surface area contributed by atoms with Gasteiger partial charge in [0.15, 0.2) is 0 Å². The average molecular weight is 792 g/mol. The molecule has 298 valence electrons. The molecule has 0 N–H and O–H groups in total. The number of fused-ring (bicyclic) bond motifs is 3. The maximum atomic E-state index is 6.65. The van der Waals surface area contributed by atoms with E-state index in [1.807, 2.05) is 0 Å². The van der Waals surface area contributed by atoms with Crippen LogP contribution in [-0.4, -0.2) is 22.9 Å². The van der Waals surface area contributed by atoms with Gasteiger partial charge < -0.3 is 13.9 Å². The Hall–Kier alpha value is -6.64. The van der Waals surface area contributed by atoms with E-state index in [4.69, 9.17) is 15.7 Å². The highest BCUT2D eigenvalue weighted by atomic mass is 16.7. The molecule has 9 rings (SSSR count). The lowest BCUT2D eigenvalue weighted by atomic mass is 9.76. The van der Waals surface area contributed by atoms with Gasteiger partial charge in [-0.3, -0.25) is 0 Å². The summed E-state index contributed by atoms with van der Waals surface area (Å²) >= 11 is 0. The molecule has 0 spiro atoms. The van der Waals surface area contributed by atoms with Gasteiger partial charge in [0.25, 0.3) is 0 Å². The van der Waals surface area contributed by atoms with Crippen molar-refractivity contribution in [1.29, 1.82) is 0 Å². The van der Waals surface area contributed by atoms with Crippen LogP contribution in [0.5, 0.6) is 0 Å². The summed E-state index contributed by atoms with van der Waals surface area (Å²) in [5.74, 6) is 3.07. The van der Waals surface area contributed by atoms with E-state index in [2.05, 4.69) is 229 Å². The van der Waals surface area contributed by atoms with Gasteiger partial charge in [-0.15, -0.1) is 6.42 Å². The van der Waals surface area contributed by atoms with E-state index in [0.717, 1.165) is 55.7 Å². The van der Waals surface area contributed by atoms with Crippen molar-refractivity contribution < 1.29 is 9.31 Å². The lowest BCUT2D eigenvalue weighted by Gasteiger charge is -2.32. The Bertz CT molecular complexity index is 3070. The van der Waals surface area contributed by atoms with Gasteiger partial charge in [-0.25, -0.2) is 0 Å². The zero-order valence-corrected chi connectivity index (χ0v) is 36.1. The summed E-state index contributed by atoms with van der Waals surface area (Å²) in [4.78, 5) is 0. The summed E-state index contributed by atoms with van der Waals surface area (Å²) < 4.78 is 15.7. The molecule has 1 aliphatic rings. The van der Waals surface area contributed by atoms with Crippen LogP contribution in [0.2, 0.25) is 0 Å². The summed E-state index contributed by atoms with van der Waals surface area (Å²) in [5, 5.41) is 2.45. The Labute approximate surface area is 361 Å². The second kappa shape index (κ2) is 15.8. The number of terminal acetylenes is 1. The molecule has 0 bridgehead atoms. The number of hydrogen-bond donors (Lipinski definition) is 0. The predicted octanol–water partition coefficient (Wildman–Crippen LogP) is 13.8. The topological polar surface area (TPSA) is 23.4 Å². The van der Waals surface area contributed by atoms with Crippen LogP contribution in [0.25, 0.3) is 72.0 Å². The van der Waals surface area contributed by atoms with Crippen molar-refractivity contribution in [3.05, 3.63) is 192 Å². The van der Waals surface area contributed by atoms with Gasteiger partial charge in [0, 0.05) is 22.0 Å². The molecule has 0 aliphatic carbocycles. The predicted molar refractivity (Wildman–Crippen MR) is 259 cm³/mol. The summed E-state index contributed by atoms with van der Waals surface area (Å²) in [7, 11) is -0.565. The zero-order chi connectivity index (χ0) is 42.5. The summed E-state index contributed by atoms with van der Waals surface area (Å²) in [6, 6.07) is 56.6. The Kier molecular flexibility index (Phi) is 10.3. The fourth-order valence-corrected chi connectivity index (χ4v) is 8.64. The molecule has 0 amide bonds. The molecule has 2 heterocycles. The first-order valence-electron chi connectivity index (χ1n) is 21.2.